The van der Waals surface area contributed by atoms with Crippen molar-refractivity contribution in [2.75, 3.05) is 19.8 Å². The summed E-state index contributed by atoms with van der Waals surface area (Å²) in [5, 5.41) is 3.49. The third-order valence-corrected chi connectivity index (χ3v) is 3.23. The van der Waals surface area contributed by atoms with Gasteiger partial charge in [0.2, 0.25) is 0 Å². The predicted molar refractivity (Wildman–Crippen MR) is 60.6 cm³/mol. The molecule has 0 spiro atoms. The normalized spacial score (nSPS) is 22.4. The van der Waals surface area contributed by atoms with Gasteiger partial charge in [0.1, 0.15) is 0 Å². The van der Waals surface area contributed by atoms with E-state index in [0.717, 1.165) is 25.7 Å². The third-order valence-electron chi connectivity index (χ3n) is 2.86. The van der Waals surface area contributed by atoms with Crippen molar-refractivity contribution in [3.63, 3.8) is 0 Å². The van der Waals surface area contributed by atoms with E-state index in [1.165, 1.54) is 18.4 Å². The van der Waals surface area contributed by atoms with Gasteiger partial charge in [0.15, 0.2) is 0 Å². The quantitative estimate of drug-likeness (QED) is 0.782. The number of hydrogen-bond acceptors (Lipinski definition) is 2. The number of rotatable bonds is 4. The minimum Gasteiger partial charge on any atom is -0.381 e. The summed E-state index contributed by atoms with van der Waals surface area (Å²) in [6.07, 6.45) is 2.36. The van der Waals surface area contributed by atoms with Crippen LogP contribution in [0, 0.1) is 5.92 Å². The smallest absolute Gasteiger partial charge is 0.0469 e. The molecule has 1 atom stereocenters. The summed E-state index contributed by atoms with van der Waals surface area (Å²) in [6.45, 7) is 7.01. The fourth-order valence-electron chi connectivity index (χ4n) is 1.74. The highest BCUT2D eigenvalue weighted by Crippen LogP contribution is 2.18. The average Bonchev–Trinajstić information content (AvgIpc) is 2.26. The van der Waals surface area contributed by atoms with Gasteiger partial charge in [-0.2, -0.15) is 0 Å². The van der Waals surface area contributed by atoms with Crippen molar-refractivity contribution in [3.8, 4) is 0 Å². The van der Waals surface area contributed by atoms with Gasteiger partial charge in [-0.1, -0.05) is 11.6 Å². The first-order valence-electron chi connectivity index (χ1n) is 5.31. The van der Waals surface area contributed by atoms with Gasteiger partial charge < -0.3 is 10.1 Å². The summed E-state index contributed by atoms with van der Waals surface area (Å²) in [6, 6.07) is 0.561. The van der Waals surface area contributed by atoms with Crippen LogP contribution in [0.4, 0.5) is 0 Å². The maximum absolute atomic E-state index is 5.60. The van der Waals surface area contributed by atoms with Gasteiger partial charge in [-0.15, -0.1) is 0 Å². The molecule has 0 bridgehead atoms. The fraction of sp³-hybridized carbons (Fsp3) is 0.818. The lowest BCUT2D eigenvalue weighted by molar-refractivity contribution is 0.0563. The lowest BCUT2D eigenvalue weighted by Crippen LogP contribution is -2.37. The van der Waals surface area contributed by atoms with E-state index in [1.807, 2.05) is 6.92 Å². The van der Waals surface area contributed by atoms with E-state index in [2.05, 4.69) is 12.2 Å². The van der Waals surface area contributed by atoms with Crippen molar-refractivity contribution in [2.45, 2.75) is 32.7 Å². The second kappa shape index (κ2) is 6.44. The molecule has 1 aliphatic rings. The highest BCUT2D eigenvalue weighted by molar-refractivity contribution is 6.25. The van der Waals surface area contributed by atoms with Crippen LogP contribution in [0.3, 0.4) is 0 Å². The Morgan fingerprint density at radius 2 is 2.21 bits per heavy atom. The van der Waals surface area contributed by atoms with Crippen molar-refractivity contribution in [1.82, 2.24) is 5.32 Å². The monoisotopic (exact) mass is 217 g/mol. The molecule has 1 N–H and O–H groups in total. The van der Waals surface area contributed by atoms with E-state index >= 15 is 0 Å². The highest BCUT2D eigenvalue weighted by Gasteiger charge is 2.19. The van der Waals surface area contributed by atoms with E-state index in [4.69, 9.17) is 16.3 Å². The summed E-state index contributed by atoms with van der Waals surface area (Å²) in [5.74, 6) is 0.756. The molecule has 0 aromatic heterocycles. The maximum atomic E-state index is 5.60. The Morgan fingerprint density at radius 1 is 1.57 bits per heavy atom. The minimum absolute atomic E-state index is 0.561. The summed E-state index contributed by atoms with van der Waals surface area (Å²) in [4.78, 5) is 0. The van der Waals surface area contributed by atoms with Gasteiger partial charge >= 0.3 is 0 Å². The molecule has 0 radical (unpaired) electrons. The van der Waals surface area contributed by atoms with Crippen LogP contribution in [-0.2, 0) is 4.74 Å². The number of ether oxygens (including phenoxy) is 1. The topological polar surface area (TPSA) is 21.3 Å². The van der Waals surface area contributed by atoms with E-state index in [0.29, 0.717) is 6.04 Å². The molecule has 1 fully saturated rings. The molecule has 2 nitrogen and oxygen atoms in total. The molecule has 0 aromatic rings. The van der Waals surface area contributed by atoms with Gasteiger partial charge in [-0.05, 0) is 38.2 Å². The molecule has 1 rings (SSSR count). The lowest BCUT2D eigenvalue weighted by atomic mass is 9.93. The molecule has 1 saturated heterocycles. The predicted octanol–water partition coefficient (Wildman–Crippen LogP) is 2.53. The summed E-state index contributed by atoms with van der Waals surface area (Å²) in [7, 11) is 0. The minimum atomic E-state index is 0.561. The Hall–Kier alpha value is -0.0500. The zero-order valence-corrected chi connectivity index (χ0v) is 9.81. The summed E-state index contributed by atoms with van der Waals surface area (Å²) in [5.41, 5.74) is 2.83. The van der Waals surface area contributed by atoms with Gasteiger partial charge in [0.25, 0.3) is 0 Å². The molecule has 1 heterocycles. The second-order valence-electron chi connectivity index (χ2n) is 4.07. The second-order valence-corrected chi connectivity index (χ2v) is 4.29. The molecule has 0 aliphatic carbocycles. The third kappa shape index (κ3) is 3.99. The average molecular weight is 218 g/mol. The standard InChI is InChI=1S/C11H20ClNO/c1-9(7-12)8-13-10(2)11-3-5-14-6-4-11/h7,10-11,13H,3-6,8H2,1-2H3. The first kappa shape index (κ1) is 12.0. The van der Waals surface area contributed by atoms with Crippen LogP contribution in [0.5, 0.6) is 0 Å². The van der Waals surface area contributed by atoms with E-state index < -0.39 is 0 Å². The van der Waals surface area contributed by atoms with Crippen LogP contribution in [-0.4, -0.2) is 25.8 Å². The molecule has 14 heavy (non-hydrogen) atoms. The van der Waals surface area contributed by atoms with Crippen molar-refractivity contribution in [1.29, 1.82) is 0 Å². The fourth-order valence-corrected chi connectivity index (χ4v) is 1.82. The molecular weight excluding hydrogens is 198 g/mol. The zero-order chi connectivity index (χ0) is 10.4. The molecule has 1 aliphatic heterocycles. The number of halogens is 1. The van der Waals surface area contributed by atoms with Crippen LogP contribution in [0.2, 0.25) is 0 Å². The van der Waals surface area contributed by atoms with Crippen molar-refractivity contribution in [2.24, 2.45) is 5.92 Å². The molecule has 1 unspecified atom stereocenters. The lowest BCUT2D eigenvalue weighted by Gasteiger charge is -2.28. The maximum Gasteiger partial charge on any atom is 0.0469 e. The van der Waals surface area contributed by atoms with E-state index in [9.17, 15) is 0 Å². The van der Waals surface area contributed by atoms with E-state index in [-0.39, 0.29) is 0 Å². The Bertz CT molecular complexity index is 188. The SMILES string of the molecule is CC(=CCl)CNC(C)C1CCOCC1. The molecule has 3 heteroatoms. The van der Waals surface area contributed by atoms with Crippen molar-refractivity contribution < 1.29 is 4.74 Å². The van der Waals surface area contributed by atoms with Crippen LogP contribution < -0.4 is 5.32 Å². The van der Waals surface area contributed by atoms with Crippen LogP contribution in [0.15, 0.2) is 11.1 Å². The van der Waals surface area contributed by atoms with Crippen molar-refractivity contribution >= 4 is 11.6 Å². The van der Waals surface area contributed by atoms with Crippen LogP contribution in [0.25, 0.3) is 0 Å². The number of nitrogens with one attached hydrogen (secondary N) is 1. The van der Waals surface area contributed by atoms with Gasteiger partial charge in [-0.25, -0.2) is 0 Å². The first-order chi connectivity index (χ1) is 6.74. The molecule has 0 aromatic carbocycles. The number of hydrogen-bond donors (Lipinski definition) is 1. The summed E-state index contributed by atoms with van der Waals surface area (Å²) >= 11 is 5.60. The van der Waals surface area contributed by atoms with Gasteiger partial charge in [0, 0.05) is 31.3 Å². The Balaban J connectivity index is 2.22. The first-order valence-corrected chi connectivity index (χ1v) is 5.74. The molecule has 0 saturated carbocycles. The Kier molecular flexibility index (Phi) is 5.53. The van der Waals surface area contributed by atoms with Crippen LogP contribution >= 0.6 is 11.6 Å². The Morgan fingerprint density at radius 3 is 2.79 bits per heavy atom. The Labute approximate surface area is 91.7 Å². The largest absolute Gasteiger partial charge is 0.381 e. The summed E-state index contributed by atoms with van der Waals surface area (Å²) < 4.78 is 5.34. The van der Waals surface area contributed by atoms with Gasteiger partial charge in [0.05, 0.1) is 0 Å². The zero-order valence-electron chi connectivity index (χ0n) is 9.05. The van der Waals surface area contributed by atoms with Crippen molar-refractivity contribution in [3.05, 3.63) is 11.1 Å². The molecular formula is C11H20ClNO. The highest BCUT2D eigenvalue weighted by atomic mass is 35.5. The van der Waals surface area contributed by atoms with Crippen LogP contribution in [0.1, 0.15) is 26.7 Å². The van der Waals surface area contributed by atoms with Gasteiger partial charge in [-0.3, -0.25) is 0 Å². The molecule has 82 valence electrons. The molecule has 0 amide bonds. The van der Waals surface area contributed by atoms with E-state index in [1.54, 1.807) is 5.54 Å².